The minimum atomic E-state index is -1.21. The van der Waals surface area contributed by atoms with Gasteiger partial charge in [0, 0.05) is 6.54 Å². The topological polar surface area (TPSA) is 117 Å². The lowest BCUT2D eigenvalue weighted by Crippen LogP contribution is -2.48. The second-order valence-electron chi connectivity index (χ2n) is 2.87. The molecule has 1 atom stereocenters. The number of carbonyl (C=O) groups is 3. The maximum absolute atomic E-state index is 11.2. The number of hydroxylamine groups is 1. The van der Waals surface area contributed by atoms with Crippen LogP contribution >= 0.6 is 0 Å². The van der Waals surface area contributed by atoms with Crippen LogP contribution in [-0.4, -0.2) is 42.2 Å². The summed E-state index contributed by atoms with van der Waals surface area (Å²) in [6, 6.07) is -1.51. The molecule has 0 aromatic carbocycles. The van der Waals surface area contributed by atoms with Gasteiger partial charge in [0.2, 0.25) is 5.91 Å². The van der Waals surface area contributed by atoms with Crippen molar-refractivity contribution in [3.8, 4) is 0 Å². The summed E-state index contributed by atoms with van der Waals surface area (Å²) in [7, 11) is 0. The predicted molar refractivity (Wildman–Crippen MR) is 53.4 cm³/mol. The van der Waals surface area contributed by atoms with Gasteiger partial charge in [-0.15, -0.1) is 0 Å². The minimum Gasteiger partial charge on any atom is -0.479 e. The molecule has 0 spiro atoms. The van der Waals surface area contributed by atoms with Crippen LogP contribution in [0.15, 0.2) is 0 Å². The summed E-state index contributed by atoms with van der Waals surface area (Å²) >= 11 is 0. The molecule has 0 aliphatic carbocycles. The lowest BCUT2D eigenvalue weighted by Gasteiger charge is -2.13. The first-order chi connectivity index (χ1) is 7.47. The number of carboxylic acids is 1. The molecule has 3 amide bonds. The van der Waals surface area contributed by atoms with E-state index in [4.69, 9.17) is 5.11 Å². The molecule has 0 heterocycles. The van der Waals surface area contributed by atoms with E-state index in [1.165, 1.54) is 6.92 Å². The standard InChI is InChI=1S/C8H15N3O5/c1-3-9-7(14)5(2)10-8(15)11-16-4-6(12)13/h5H,3-4H2,1-2H3,(H,9,14)(H,12,13)(H2,10,11,15). The molecule has 0 aliphatic rings. The SMILES string of the molecule is CCNC(=O)C(C)NC(=O)NOCC(=O)O. The number of carbonyl (C=O) groups excluding carboxylic acids is 2. The summed E-state index contributed by atoms with van der Waals surface area (Å²) in [5.74, 6) is -1.55. The normalized spacial score (nSPS) is 11.4. The summed E-state index contributed by atoms with van der Waals surface area (Å²) in [4.78, 5) is 36.5. The number of hydrogen-bond acceptors (Lipinski definition) is 4. The maximum atomic E-state index is 11.2. The van der Waals surface area contributed by atoms with Gasteiger partial charge in [-0.3, -0.25) is 9.63 Å². The molecule has 8 nitrogen and oxygen atoms in total. The van der Waals surface area contributed by atoms with Gasteiger partial charge in [0.25, 0.3) is 0 Å². The summed E-state index contributed by atoms with van der Waals surface area (Å²) in [5, 5.41) is 13.0. The second kappa shape index (κ2) is 7.46. The van der Waals surface area contributed by atoms with Crippen LogP contribution in [0.4, 0.5) is 4.79 Å². The summed E-state index contributed by atoms with van der Waals surface area (Å²) < 4.78 is 0. The zero-order chi connectivity index (χ0) is 12.6. The number of likely N-dealkylation sites (N-methyl/N-ethyl adjacent to an activating group) is 1. The van der Waals surface area contributed by atoms with Gasteiger partial charge in [-0.05, 0) is 13.8 Å². The van der Waals surface area contributed by atoms with Crippen LogP contribution in [0.1, 0.15) is 13.8 Å². The molecule has 0 aromatic heterocycles. The quantitative estimate of drug-likeness (QED) is 0.431. The fraction of sp³-hybridized carbons (Fsp3) is 0.625. The third kappa shape index (κ3) is 6.60. The summed E-state index contributed by atoms with van der Waals surface area (Å²) in [6.45, 7) is 3.05. The zero-order valence-corrected chi connectivity index (χ0v) is 9.07. The highest BCUT2D eigenvalue weighted by atomic mass is 16.7. The highest BCUT2D eigenvalue weighted by molar-refractivity contribution is 5.86. The van der Waals surface area contributed by atoms with Crippen LogP contribution in [-0.2, 0) is 14.4 Å². The van der Waals surface area contributed by atoms with E-state index < -0.39 is 24.6 Å². The van der Waals surface area contributed by atoms with Gasteiger partial charge in [0.05, 0.1) is 0 Å². The van der Waals surface area contributed by atoms with E-state index in [0.29, 0.717) is 6.54 Å². The first kappa shape index (κ1) is 14.2. The van der Waals surface area contributed by atoms with Crippen molar-refractivity contribution in [2.24, 2.45) is 0 Å². The average molecular weight is 233 g/mol. The van der Waals surface area contributed by atoms with E-state index in [1.807, 2.05) is 5.48 Å². The first-order valence-corrected chi connectivity index (χ1v) is 4.65. The van der Waals surface area contributed by atoms with Gasteiger partial charge in [0.15, 0.2) is 6.61 Å². The molecule has 0 radical (unpaired) electrons. The predicted octanol–water partition coefficient (Wildman–Crippen LogP) is -1.17. The van der Waals surface area contributed by atoms with Crippen molar-refractivity contribution in [1.82, 2.24) is 16.1 Å². The molecule has 0 bridgehead atoms. The molecular formula is C8H15N3O5. The molecule has 1 unspecified atom stereocenters. The average Bonchev–Trinajstić information content (AvgIpc) is 2.17. The molecule has 16 heavy (non-hydrogen) atoms. The zero-order valence-electron chi connectivity index (χ0n) is 9.07. The van der Waals surface area contributed by atoms with Crippen molar-refractivity contribution in [2.75, 3.05) is 13.2 Å². The smallest absolute Gasteiger partial charge is 0.339 e. The highest BCUT2D eigenvalue weighted by Gasteiger charge is 2.14. The van der Waals surface area contributed by atoms with Crippen molar-refractivity contribution < 1.29 is 24.3 Å². The van der Waals surface area contributed by atoms with Crippen molar-refractivity contribution in [1.29, 1.82) is 0 Å². The first-order valence-electron chi connectivity index (χ1n) is 4.65. The largest absolute Gasteiger partial charge is 0.479 e. The monoisotopic (exact) mass is 233 g/mol. The van der Waals surface area contributed by atoms with Gasteiger partial charge >= 0.3 is 12.0 Å². The Morgan fingerprint density at radius 2 is 2.00 bits per heavy atom. The van der Waals surface area contributed by atoms with Crippen LogP contribution in [0.3, 0.4) is 0 Å². The highest BCUT2D eigenvalue weighted by Crippen LogP contribution is 1.82. The molecule has 0 saturated carbocycles. The Labute approximate surface area is 92.3 Å². The Kier molecular flexibility index (Phi) is 6.61. The number of amides is 3. The van der Waals surface area contributed by atoms with E-state index in [1.54, 1.807) is 6.92 Å². The van der Waals surface area contributed by atoms with Crippen molar-refractivity contribution in [3.63, 3.8) is 0 Å². The van der Waals surface area contributed by atoms with Gasteiger partial charge < -0.3 is 15.7 Å². The maximum Gasteiger partial charge on any atom is 0.339 e. The van der Waals surface area contributed by atoms with E-state index in [2.05, 4.69) is 15.5 Å². The fourth-order valence-corrected chi connectivity index (χ4v) is 0.782. The summed E-state index contributed by atoms with van der Waals surface area (Å²) in [6.07, 6.45) is 0. The molecule has 4 N–H and O–H groups in total. The number of nitrogens with one attached hydrogen (secondary N) is 3. The molecular weight excluding hydrogens is 218 g/mol. The number of hydrogen-bond donors (Lipinski definition) is 4. The molecule has 0 aromatic rings. The van der Waals surface area contributed by atoms with Crippen molar-refractivity contribution in [3.05, 3.63) is 0 Å². The molecule has 8 heteroatoms. The minimum absolute atomic E-state index is 0.337. The third-order valence-corrected chi connectivity index (χ3v) is 1.45. The number of rotatable bonds is 6. The Balaban J connectivity index is 3.77. The lowest BCUT2D eigenvalue weighted by atomic mass is 10.3. The van der Waals surface area contributed by atoms with Gasteiger partial charge in [0.1, 0.15) is 6.04 Å². The Hall–Kier alpha value is -1.83. The Bertz CT molecular complexity index is 268. The van der Waals surface area contributed by atoms with E-state index in [9.17, 15) is 14.4 Å². The summed E-state index contributed by atoms with van der Waals surface area (Å²) in [5.41, 5.74) is 1.83. The van der Waals surface area contributed by atoms with E-state index in [-0.39, 0.29) is 5.91 Å². The van der Waals surface area contributed by atoms with E-state index >= 15 is 0 Å². The molecule has 0 aliphatic heterocycles. The van der Waals surface area contributed by atoms with Crippen LogP contribution in [0.2, 0.25) is 0 Å². The molecule has 92 valence electrons. The van der Waals surface area contributed by atoms with E-state index in [0.717, 1.165) is 0 Å². The molecule has 0 fully saturated rings. The Morgan fingerprint density at radius 3 is 2.50 bits per heavy atom. The number of urea groups is 1. The lowest BCUT2D eigenvalue weighted by molar-refractivity contribution is -0.144. The molecule has 0 rings (SSSR count). The Morgan fingerprint density at radius 1 is 1.38 bits per heavy atom. The van der Waals surface area contributed by atoms with Crippen molar-refractivity contribution >= 4 is 17.9 Å². The molecule has 0 saturated heterocycles. The fourth-order valence-electron chi connectivity index (χ4n) is 0.782. The second-order valence-corrected chi connectivity index (χ2v) is 2.87. The van der Waals surface area contributed by atoms with Crippen LogP contribution in [0.5, 0.6) is 0 Å². The van der Waals surface area contributed by atoms with Crippen molar-refractivity contribution in [2.45, 2.75) is 19.9 Å². The van der Waals surface area contributed by atoms with Gasteiger partial charge in [-0.2, -0.15) is 0 Å². The third-order valence-electron chi connectivity index (χ3n) is 1.45. The number of carboxylic acid groups (broad SMARTS) is 1. The number of aliphatic carboxylic acids is 1. The van der Waals surface area contributed by atoms with Crippen LogP contribution < -0.4 is 16.1 Å². The van der Waals surface area contributed by atoms with Gasteiger partial charge in [-0.25, -0.2) is 15.1 Å². The van der Waals surface area contributed by atoms with Crippen LogP contribution in [0.25, 0.3) is 0 Å². The van der Waals surface area contributed by atoms with Crippen LogP contribution in [0, 0.1) is 0 Å². The van der Waals surface area contributed by atoms with Gasteiger partial charge in [-0.1, -0.05) is 0 Å².